The van der Waals surface area contributed by atoms with Crippen LogP contribution in [0.5, 0.6) is 5.75 Å². The van der Waals surface area contributed by atoms with Crippen LogP contribution in [-0.2, 0) is 0 Å². The highest BCUT2D eigenvalue weighted by molar-refractivity contribution is 6.04. The lowest BCUT2D eigenvalue weighted by Gasteiger charge is -2.45. The van der Waals surface area contributed by atoms with Crippen molar-refractivity contribution in [2.45, 2.75) is 19.3 Å². The minimum Gasteiger partial charge on any atom is -0.497 e. The lowest BCUT2D eigenvalue weighted by atomic mass is 9.77. The van der Waals surface area contributed by atoms with Crippen molar-refractivity contribution in [3.05, 3.63) is 23.9 Å². The Morgan fingerprint density at radius 3 is 2.96 bits per heavy atom. The van der Waals surface area contributed by atoms with Gasteiger partial charge in [-0.3, -0.25) is 9.89 Å². The highest BCUT2D eigenvalue weighted by Crippen LogP contribution is 2.33. The summed E-state index contributed by atoms with van der Waals surface area (Å²) >= 11 is 0. The first-order chi connectivity index (χ1) is 11.7. The molecule has 128 valence electrons. The SMILES string of the molecule is COc1ccc2c(C(=O)NCC[C@H]3CN4CCC3CC4)n[nH]c2c1. The standard InChI is InChI=1S/C18H24N4O2/c1-24-14-2-3-15-16(10-14)20-21-17(15)18(23)19-7-4-13-11-22-8-5-12(13)6-9-22/h2-3,10,12-13H,4-9,11H2,1H3,(H,19,23)(H,20,21)/t13-/m0/s1. The van der Waals surface area contributed by atoms with Crippen molar-refractivity contribution in [2.75, 3.05) is 33.3 Å². The van der Waals surface area contributed by atoms with E-state index in [2.05, 4.69) is 20.4 Å². The van der Waals surface area contributed by atoms with Crippen LogP contribution in [0.1, 0.15) is 29.8 Å². The van der Waals surface area contributed by atoms with E-state index in [1.54, 1.807) is 7.11 Å². The smallest absolute Gasteiger partial charge is 0.272 e. The van der Waals surface area contributed by atoms with Crippen molar-refractivity contribution in [3.63, 3.8) is 0 Å². The van der Waals surface area contributed by atoms with Gasteiger partial charge in [0.15, 0.2) is 5.69 Å². The summed E-state index contributed by atoms with van der Waals surface area (Å²) in [5.41, 5.74) is 1.28. The Labute approximate surface area is 141 Å². The Bertz CT molecular complexity index is 734. The Morgan fingerprint density at radius 2 is 2.25 bits per heavy atom. The molecule has 4 heterocycles. The summed E-state index contributed by atoms with van der Waals surface area (Å²) in [5, 5.41) is 11.0. The van der Waals surface area contributed by atoms with Crippen molar-refractivity contribution >= 4 is 16.8 Å². The van der Waals surface area contributed by atoms with E-state index in [1.165, 1.54) is 32.5 Å². The number of hydrogen-bond acceptors (Lipinski definition) is 4. The fourth-order valence-corrected chi connectivity index (χ4v) is 4.17. The van der Waals surface area contributed by atoms with Crippen molar-refractivity contribution in [1.29, 1.82) is 0 Å². The van der Waals surface area contributed by atoms with Gasteiger partial charge in [0, 0.05) is 24.5 Å². The monoisotopic (exact) mass is 328 g/mol. The second-order valence-electron chi connectivity index (χ2n) is 6.93. The highest BCUT2D eigenvalue weighted by atomic mass is 16.5. The predicted molar refractivity (Wildman–Crippen MR) is 92.2 cm³/mol. The van der Waals surface area contributed by atoms with E-state index in [-0.39, 0.29) is 5.91 Å². The second kappa shape index (κ2) is 6.43. The average molecular weight is 328 g/mol. The number of ether oxygens (including phenoxy) is 1. The molecule has 0 unspecified atom stereocenters. The zero-order chi connectivity index (χ0) is 16.5. The van der Waals surface area contributed by atoms with Crippen LogP contribution in [0.15, 0.2) is 18.2 Å². The molecule has 2 bridgehead atoms. The van der Waals surface area contributed by atoms with Gasteiger partial charge in [-0.15, -0.1) is 0 Å². The molecule has 6 heteroatoms. The third-order valence-electron chi connectivity index (χ3n) is 5.58. The number of amides is 1. The first-order valence-electron chi connectivity index (χ1n) is 8.77. The lowest BCUT2D eigenvalue weighted by Crippen LogP contribution is -2.48. The van der Waals surface area contributed by atoms with Crippen LogP contribution in [0.2, 0.25) is 0 Å². The predicted octanol–water partition coefficient (Wildman–Crippen LogP) is 2.03. The minimum atomic E-state index is -0.104. The fourth-order valence-electron chi connectivity index (χ4n) is 4.17. The maximum atomic E-state index is 12.4. The van der Waals surface area contributed by atoms with E-state index in [4.69, 9.17) is 4.74 Å². The van der Waals surface area contributed by atoms with E-state index in [9.17, 15) is 4.79 Å². The first-order valence-corrected chi connectivity index (χ1v) is 8.77. The molecule has 1 atom stereocenters. The Balaban J connectivity index is 1.36. The molecule has 1 aromatic heterocycles. The number of H-pyrrole nitrogens is 1. The van der Waals surface area contributed by atoms with Crippen LogP contribution in [0.3, 0.4) is 0 Å². The Morgan fingerprint density at radius 1 is 1.42 bits per heavy atom. The van der Waals surface area contributed by atoms with Crippen LogP contribution in [-0.4, -0.2) is 54.3 Å². The molecule has 0 aliphatic carbocycles. The van der Waals surface area contributed by atoms with Gasteiger partial charge >= 0.3 is 0 Å². The number of aromatic nitrogens is 2. The number of rotatable bonds is 5. The molecular formula is C18H24N4O2. The molecule has 0 spiro atoms. The van der Waals surface area contributed by atoms with Crippen LogP contribution in [0, 0.1) is 11.8 Å². The summed E-state index contributed by atoms with van der Waals surface area (Å²) in [6.45, 7) is 4.44. The largest absolute Gasteiger partial charge is 0.497 e. The Kier molecular flexibility index (Phi) is 4.14. The minimum absolute atomic E-state index is 0.104. The van der Waals surface area contributed by atoms with Gasteiger partial charge in [-0.05, 0) is 56.3 Å². The van der Waals surface area contributed by atoms with E-state index in [0.717, 1.165) is 41.5 Å². The van der Waals surface area contributed by atoms with Crippen LogP contribution < -0.4 is 10.1 Å². The van der Waals surface area contributed by atoms with Gasteiger partial charge in [-0.1, -0.05) is 0 Å². The molecule has 3 aliphatic rings. The third-order valence-corrected chi connectivity index (χ3v) is 5.58. The molecule has 1 aromatic carbocycles. The van der Waals surface area contributed by atoms with Crippen molar-refractivity contribution < 1.29 is 9.53 Å². The molecule has 3 fully saturated rings. The normalized spacial score (nSPS) is 25.8. The third kappa shape index (κ3) is 2.86. The first kappa shape index (κ1) is 15.4. The number of benzene rings is 1. The number of carbonyl (C=O) groups excluding carboxylic acids is 1. The van der Waals surface area contributed by atoms with E-state index in [1.807, 2.05) is 18.2 Å². The number of carbonyl (C=O) groups is 1. The summed E-state index contributed by atoms with van der Waals surface area (Å²) in [6, 6.07) is 5.58. The number of fused-ring (bicyclic) bond motifs is 4. The maximum absolute atomic E-state index is 12.4. The molecule has 0 saturated carbocycles. The molecule has 1 amide bonds. The summed E-state index contributed by atoms with van der Waals surface area (Å²) in [4.78, 5) is 15.0. The second-order valence-corrected chi connectivity index (χ2v) is 6.93. The van der Waals surface area contributed by atoms with Gasteiger partial charge in [-0.2, -0.15) is 5.10 Å². The molecule has 2 aromatic rings. The number of piperidine rings is 3. The van der Waals surface area contributed by atoms with Crippen molar-refractivity contribution in [3.8, 4) is 5.75 Å². The number of nitrogens with one attached hydrogen (secondary N) is 2. The number of hydrogen-bond donors (Lipinski definition) is 2. The molecule has 3 aliphatic heterocycles. The van der Waals surface area contributed by atoms with Gasteiger partial charge in [0.2, 0.25) is 0 Å². The molecule has 2 N–H and O–H groups in total. The molecule has 0 radical (unpaired) electrons. The van der Waals surface area contributed by atoms with Gasteiger partial charge in [0.05, 0.1) is 12.6 Å². The summed E-state index contributed by atoms with van der Waals surface area (Å²) in [5.74, 6) is 2.23. The number of aromatic amines is 1. The summed E-state index contributed by atoms with van der Waals surface area (Å²) in [6.07, 6.45) is 3.71. The average Bonchev–Trinajstić information content (AvgIpc) is 3.05. The maximum Gasteiger partial charge on any atom is 0.272 e. The van der Waals surface area contributed by atoms with Crippen molar-refractivity contribution in [2.24, 2.45) is 11.8 Å². The van der Waals surface area contributed by atoms with E-state index >= 15 is 0 Å². The molecular weight excluding hydrogens is 304 g/mol. The van der Waals surface area contributed by atoms with Crippen LogP contribution >= 0.6 is 0 Å². The zero-order valence-electron chi connectivity index (χ0n) is 14.0. The summed E-state index contributed by atoms with van der Waals surface area (Å²) < 4.78 is 5.20. The summed E-state index contributed by atoms with van der Waals surface area (Å²) in [7, 11) is 1.62. The van der Waals surface area contributed by atoms with Gasteiger partial charge in [0.25, 0.3) is 5.91 Å². The molecule has 6 nitrogen and oxygen atoms in total. The van der Waals surface area contributed by atoms with Crippen LogP contribution in [0.25, 0.3) is 10.9 Å². The van der Waals surface area contributed by atoms with Crippen molar-refractivity contribution in [1.82, 2.24) is 20.4 Å². The molecule has 5 rings (SSSR count). The lowest BCUT2D eigenvalue weighted by molar-refractivity contribution is 0.0466. The van der Waals surface area contributed by atoms with Crippen LogP contribution in [0.4, 0.5) is 0 Å². The number of methoxy groups -OCH3 is 1. The fraction of sp³-hybridized carbons (Fsp3) is 0.556. The number of nitrogens with zero attached hydrogens (tertiary/aromatic N) is 2. The topological polar surface area (TPSA) is 70.2 Å². The quantitative estimate of drug-likeness (QED) is 0.881. The zero-order valence-corrected chi connectivity index (χ0v) is 14.0. The van der Waals surface area contributed by atoms with Gasteiger partial charge in [0.1, 0.15) is 5.75 Å². The molecule has 3 saturated heterocycles. The van der Waals surface area contributed by atoms with E-state index in [0.29, 0.717) is 5.69 Å². The van der Waals surface area contributed by atoms with E-state index < -0.39 is 0 Å². The molecule has 24 heavy (non-hydrogen) atoms. The Hall–Kier alpha value is -2.08. The van der Waals surface area contributed by atoms with Gasteiger partial charge < -0.3 is 15.0 Å². The highest BCUT2D eigenvalue weighted by Gasteiger charge is 2.33. The van der Waals surface area contributed by atoms with Gasteiger partial charge in [-0.25, -0.2) is 0 Å².